The average Bonchev–Trinajstić information content (AvgIpc) is 3.55. The molecular weight excluding hydrogens is 582 g/mol. The highest BCUT2D eigenvalue weighted by Gasteiger charge is 2.50. The van der Waals surface area contributed by atoms with Gasteiger partial charge in [-0.05, 0) is 73.9 Å². The summed E-state index contributed by atoms with van der Waals surface area (Å²) in [6, 6.07) is 17.5. The van der Waals surface area contributed by atoms with Gasteiger partial charge in [0.1, 0.15) is 12.3 Å². The molecule has 10 heteroatoms. The molecule has 0 saturated carbocycles. The summed E-state index contributed by atoms with van der Waals surface area (Å²) in [6.07, 6.45) is 1.55. The number of carbonyl (C=O) groups is 2. The van der Waals surface area contributed by atoms with Gasteiger partial charge < -0.3 is 15.0 Å². The number of nitrogens with one attached hydrogen (secondary N) is 1. The lowest BCUT2D eigenvalue weighted by atomic mass is 9.91. The van der Waals surface area contributed by atoms with Gasteiger partial charge in [0.25, 0.3) is 5.91 Å². The number of hydrazone groups is 1. The lowest BCUT2D eigenvalue weighted by molar-refractivity contribution is -0.130. The third kappa shape index (κ3) is 4.95. The van der Waals surface area contributed by atoms with E-state index in [4.69, 9.17) is 21.4 Å². The first-order chi connectivity index (χ1) is 18.8. The number of halogens is 2. The van der Waals surface area contributed by atoms with Gasteiger partial charge in [0.15, 0.2) is 0 Å². The van der Waals surface area contributed by atoms with Crippen LogP contribution in [0.2, 0.25) is 5.02 Å². The zero-order valence-electron chi connectivity index (χ0n) is 21.5. The predicted molar refractivity (Wildman–Crippen MR) is 154 cm³/mol. The van der Waals surface area contributed by atoms with Crippen LogP contribution in [0, 0.1) is 5.92 Å². The molecule has 2 unspecified atom stereocenters. The minimum absolute atomic E-state index is 0.00679. The monoisotopic (exact) mass is 607 g/mol. The highest BCUT2D eigenvalue weighted by atomic mass is 79.9. The van der Waals surface area contributed by atoms with Gasteiger partial charge in [0.2, 0.25) is 5.91 Å². The van der Waals surface area contributed by atoms with Gasteiger partial charge in [-0.1, -0.05) is 39.7 Å². The molecule has 0 aliphatic carbocycles. The van der Waals surface area contributed by atoms with Gasteiger partial charge in [-0.15, -0.1) is 0 Å². The van der Waals surface area contributed by atoms with Crippen molar-refractivity contribution in [2.24, 2.45) is 11.0 Å². The minimum atomic E-state index is -0.565. The van der Waals surface area contributed by atoms with Crippen molar-refractivity contribution in [1.82, 2.24) is 9.88 Å². The van der Waals surface area contributed by atoms with Crippen molar-refractivity contribution >= 4 is 56.4 Å². The van der Waals surface area contributed by atoms with Gasteiger partial charge >= 0.3 is 0 Å². The normalized spacial score (nSPS) is 24.3. The Bertz CT molecular complexity index is 1460. The van der Waals surface area contributed by atoms with Crippen LogP contribution in [0.25, 0.3) is 0 Å². The van der Waals surface area contributed by atoms with Crippen LogP contribution in [0.1, 0.15) is 30.7 Å². The number of anilines is 2. The highest BCUT2D eigenvalue weighted by molar-refractivity contribution is 9.10. The molecule has 4 heterocycles. The molecule has 6 rings (SSSR count). The second-order valence-corrected chi connectivity index (χ2v) is 11.5. The Morgan fingerprint density at radius 1 is 1.10 bits per heavy atom. The Morgan fingerprint density at radius 2 is 1.90 bits per heavy atom. The molecule has 2 aromatic carbocycles. The molecule has 1 aromatic heterocycles. The molecule has 1 N–H and O–H groups in total. The van der Waals surface area contributed by atoms with Crippen LogP contribution in [0.3, 0.4) is 0 Å². The predicted octanol–water partition coefficient (Wildman–Crippen LogP) is 5.04. The van der Waals surface area contributed by atoms with E-state index in [0.29, 0.717) is 30.1 Å². The number of rotatable bonds is 6. The maximum Gasteiger partial charge on any atom is 0.253 e. The number of amides is 2. The molecule has 1 saturated heterocycles. The molecule has 8 nitrogen and oxygen atoms in total. The van der Waals surface area contributed by atoms with E-state index in [1.54, 1.807) is 19.2 Å². The number of hydrogen-bond donors (Lipinski definition) is 1. The summed E-state index contributed by atoms with van der Waals surface area (Å²) in [5, 5.41) is 10.4. The third-order valence-electron chi connectivity index (χ3n) is 7.54. The molecule has 4 atom stereocenters. The van der Waals surface area contributed by atoms with Crippen LogP contribution < -0.4 is 10.3 Å². The Hall–Kier alpha value is -3.27. The lowest BCUT2D eigenvalue weighted by Gasteiger charge is -2.32. The Kier molecular flexibility index (Phi) is 6.91. The van der Waals surface area contributed by atoms with Gasteiger partial charge in [0.05, 0.1) is 40.5 Å². The van der Waals surface area contributed by atoms with Gasteiger partial charge in [-0.2, -0.15) is 5.10 Å². The number of ether oxygens (including phenoxy) is 1. The second kappa shape index (κ2) is 10.4. The number of aromatic nitrogens is 1. The summed E-state index contributed by atoms with van der Waals surface area (Å²) in [5.41, 5.74) is 5.30. The van der Waals surface area contributed by atoms with Crippen molar-refractivity contribution < 1.29 is 14.3 Å². The SMILES string of the molecule is CC1C([C@H]2O[C@@H](C)C(=O)N2CCc2ccc3c(c2)CC(=O)N3)C(c2ccc(Cl)cn2)=NN1c1ccc(Br)cc1. The number of hydrogen-bond acceptors (Lipinski definition) is 6. The number of nitrogens with zero attached hydrogens (tertiary/aromatic N) is 4. The van der Waals surface area contributed by atoms with E-state index in [0.717, 1.165) is 32.7 Å². The fourth-order valence-electron chi connectivity index (χ4n) is 5.57. The van der Waals surface area contributed by atoms with E-state index >= 15 is 0 Å². The Labute approximate surface area is 240 Å². The van der Waals surface area contributed by atoms with Gasteiger partial charge in [-0.3, -0.25) is 19.6 Å². The lowest BCUT2D eigenvalue weighted by Crippen LogP contribution is -2.47. The number of fused-ring (bicyclic) bond motifs is 1. The molecule has 0 spiro atoms. The molecule has 3 aromatic rings. The maximum atomic E-state index is 13.4. The molecule has 3 aliphatic rings. The molecular formula is C29H27BrClN5O3. The molecule has 3 aliphatic heterocycles. The summed E-state index contributed by atoms with van der Waals surface area (Å²) >= 11 is 9.64. The van der Waals surface area contributed by atoms with Crippen LogP contribution in [0.5, 0.6) is 0 Å². The first-order valence-corrected chi connectivity index (χ1v) is 14.1. The van der Waals surface area contributed by atoms with E-state index < -0.39 is 12.3 Å². The molecule has 39 heavy (non-hydrogen) atoms. The van der Waals surface area contributed by atoms with E-state index in [1.165, 1.54) is 0 Å². The molecule has 2 amide bonds. The zero-order chi connectivity index (χ0) is 27.3. The summed E-state index contributed by atoms with van der Waals surface area (Å²) in [7, 11) is 0. The van der Waals surface area contributed by atoms with Crippen LogP contribution >= 0.6 is 27.5 Å². The summed E-state index contributed by atoms with van der Waals surface area (Å²) in [5.74, 6) is -0.291. The average molecular weight is 609 g/mol. The Morgan fingerprint density at radius 3 is 2.64 bits per heavy atom. The Balaban J connectivity index is 1.31. The smallest absolute Gasteiger partial charge is 0.253 e. The van der Waals surface area contributed by atoms with Crippen LogP contribution in [-0.2, 0) is 27.2 Å². The molecule has 200 valence electrons. The van der Waals surface area contributed by atoms with Gasteiger partial charge in [0, 0.05) is 22.9 Å². The summed E-state index contributed by atoms with van der Waals surface area (Å²) in [6.45, 7) is 4.38. The van der Waals surface area contributed by atoms with Gasteiger partial charge in [-0.25, -0.2) is 0 Å². The van der Waals surface area contributed by atoms with Crippen LogP contribution in [-0.4, -0.2) is 52.3 Å². The third-order valence-corrected chi connectivity index (χ3v) is 8.29. The van der Waals surface area contributed by atoms with Crippen molar-refractivity contribution in [2.75, 3.05) is 16.9 Å². The first kappa shape index (κ1) is 26.0. The number of pyridine rings is 1. The topological polar surface area (TPSA) is 87.1 Å². The molecule has 0 radical (unpaired) electrons. The van der Waals surface area contributed by atoms with Crippen molar-refractivity contribution in [1.29, 1.82) is 0 Å². The molecule has 1 fully saturated rings. The van der Waals surface area contributed by atoms with E-state index in [9.17, 15) is 9.59 Å². The summed E-state index contributed by atoms with van der Waals surface area (Å²) < 4.78 is 7.33. The summed E-state index contributed by atoms with van der Waals surface area (Å²) in [4.78, 5) is 31.5. The number of benzene rings is 2. The van der Waals surface area contributed by atoms with Crippen LogP contribution in [0.4, 0.5) is 11.4 Å². The van der Waals surface area contributed by atoms with Crippen molar-refractivity contribution in [3.05, 3.63) is 87.1 Å². The van der Waals surface area contributed by atoms with Crippen molar-refractivity contribution in [3.63, 3.8) is 0 Å². The quantitative estimate of drug-likeness (QED) is 0.424. The standard InChI is InChI=1S/C29H27BrClN5O3/c1-16-26(27(24-10-6-21(31)15-32-24)34-36(16)22-7-4-20(30)5-8-22)29-35(28(38)17(2)39-29)12-11-18-3-9-23-19(13-18)14-25(37)33-23/h3-10,13,15-17,26,29H,11-12,14H2,1-2H3,(H,33,37)/t16?,17-,26?,29+/m0/s1. The molecule has 0 bridgehead atoms. The van der Waals surface area contributed by atoms with E-state index in [2.05, 4.69) is 33.2 Å². The van der Waals surface area contributed by atoms with E-state index in [-0.39, 0.29) is 23.8 Å². The fraction of sp³-hybridized carbons (Fsp3) is 0.310. The minimum Gasteiger partial charge on any atom is -0.345 e. The van der Waals surface area contributed by atoms with Crippen molar-refractivity contribution in [2.45, 2.75) is 45.1 Å². The fourth-order valence-corrected chi connectivity index (χ4v) is 5.94. The highest BCUT2D eigenvalue weighted by Crippen LogP contribution is 2.38. The first-order valence-electron chi connectivity index (χ1n) is 12.9. The van der Waals surface area contributed by atoms with Crippen LogP contribution in [0.15, 0.2) is 70.4 Å². The van der Waals surface area contributed by atoms with E-state index in [1.807, 2.05) is 58.4 Å². The largest absolute Gasteiger partial charge is 0.345 e. The second-order valence-electron chi connectivity index (χ2n) is 10.1. The maximum absolute atomic E-state index is 13.4. The van der Waals surface area contributed by atoms with Crippen molar-refractivity contribution in [3.8, 4) is 0 Å². The number of carbonyl (C=O) groups excluding carboxylic acids is 2. The zero-order valence-corrected chi connectivity index (χ0v) is 23.8.